The molecule has 0 fully saturated rings. The Hall–Kier alpha value is -0.580. The van der Waals surface area contributed by atoms with Crippen LogP contribution in [-0.2, 0) is 19.4 Å². The Labute approximate surface area is 98.3 Å². The molecule has 0 aromatic rings. The molecule has 0 radical (unpaired) electrons. The number of sulfone groups is 1. The van der Waals surface area contributed by atoms with Gasteiger partial charge in [0, 0.05) is 0 Å². The summed E-state index contributed by atoms with van der Waals surface area (Å²) in [6.45, 7) is 10.1. The van der Waals surface area contributed by atoms with Gasteiger partial charge in [-0.2, -0.15) is 0 Å². The van der Waals surface area contributed by atoms with Crippen molar-refractivity contribution in [1.82, 2.24) is 0 Å². The van der Waals surface area contributed by atoms with Crippen LogP contribution in [-0.4, -0.2) is 31.0 Å². The zero-order valence-corrected chi connectivity index (χ0v) is 11.7. The van der Waals surface area contributed by atoms with Crippen LogP contribution in [0.2, 0.25) is 0 Å². The third-order valence-electron chi connectivity index (χ3n) is 1.84. The van der Waals surface area contributed by atoms with E-state index in [2.05, 4.69) is 0 Å². The van der Waals surface area contributed by atoms with Crippen LogP contribution in [0.4, 0.5) is 0 Å². The van der Waals surface area contributed by atoms with E-state index in [4.69, 9.17) is 4.74 Å². The standard InChI is InChI=1S/C11H22O4S/c1-8(2)7-16(13,14)9(3)10(12)15-11(4,5)6/h8-9H,7H2,1-6H3. The predicted molar refractivity (Wildman–Crippen MR) is 63.9 cm³/mol. The highest BCUT2D eigenvalue weighted by Gasteiger charge is 2.32. The normalized spacial score (nSPS) is 14.9. The number of carbonyl (C=O) groups is 1. The molecule has 0 saturated carbocycles. The first-order valence-electron chi connectivity index (χ1n) is 5.40. The monoisotopic (exact) mass is 250 g/mol. The average Bonchev–Trinajstić information content (AvgIpc) is 1.96. The number of hydrogen-bond donors (Lipinski definition) is 0. The highest BCUT2D eigenvalue weighted by molar-refractivity contribution is 7.92. The van der Waals surface area contributed by atoms with E-state index in [1.54, 1.807) is 34.6 Å². The van der Waals surface area contributed by atoms with Crippen molar-refractivity contribution in [3.05, 3.63) is 0 Å². The van der Waals surface area contributed by atoms with Crippen molar-refractivity contribution in [2.45, 2.75) is 52.4 Å². The van der Waals surface area contributed by atoms with Gasteiger partial charge in [-0.15, -0.1) is 0 Å². The fraction of sp³-hybridized carbons (Fsp3) is 0.909. The van der Waals surface area contributed by atoms with Crippen LogP contribution < -0.4 is 0 Å². The molecule has 0 aromatic heterocycles. The van der Waals surface area contributed by atoms with Crippen molar-refractivity contribution in [2.75, 3.05) is 5.75 Å². The minimum Gasteiger partial charge on any atom is -0.459 e. The van der Waals surface area contributed by atoms with Gasteiger partial charge in [0.25, 0.3) is 0 Å². The molecule has 0 spiro atoms. The first-order chi connectivity index (χ1) is 6.96. The summed E-state index contributed by atoms with van der Waals surface area (Å²) < 4.78 is 28.6. The maximum Gasteiger partial charge on any atom is 0.324 e. The van der Waals surface area contributed by atoms with Gasteiger partial charge in [0.05, 0.1) is 5.75 Å². The van der Waals surface area contributed by atoms with Crippen LogP contribution in [0.15, 0.2) is 0 Å². The molecule has 0 aliphatic carbocycles. The molecule has 96 valence electrons. The van der Waals surface area contributed by atoms with Crippen molar-refractivity contribution in [1.29, 1.82) is 0 Å². The zero-order chi connectivity index (χ0) is 13.1. The Kier molecular flexibility index (Phi) is 4.98. The van der Waals surface area contributed by atoms with Gasteiger partial charge < -0.3 is 4.74 Å². The van der Waals surface area contributed by atoms with Crippen molar-refractivity contribution in [3.63, 3.8) is 0 Å². The average molecular weight is 250 g/mol. The first-order valence-corrected chi connectivity index (χ1v) is 7.11. The third-order valence-corrected chi connectivity index (χ3v) is 4.24. The second-order valence-corrected chi connectivity index (χ2v) is 7.77. The Morgan fingerprint density at radius 1 is 1.19 bits per heavy atom. The van der Waals surface area contributed by atoms with E-state index in [0.29, 0.717) is 0 Å². The molecule has 16 heavy (non-hydrogen) atoms. The topological polar surface area (TPSA) is 60.4 Å². The van der Waals surface area contributed by atoms with Gasteiger partial charge in [0.2, 0.25) is 0 Å². The van der Waals surface area contributed by atoms with E-state index < -0.39 is 26.7 Å². The second-order valence-electron chi connectivity index (χ2n) is 5.40. The summed E-state index contributed by atoms with van der Waals surface area (Å²) in [5.74, 6) is -0.657. The van der Waals surface area contributed by atoms with E-state index in [9.17, 15) is 13.2 Å². The van der Waals surface area contributed by atoms with Crippen molar-refractivity contribution < 1.29 is 17.9 Å². The fourth-order valence-corrected chi connectivity index (χ4v) is 2.70. The van der Waals surface area contributed by atoms with Crippen LogP contribution in [0.25, 0.3) is 0 Å². The molecule has 0 aliphatic rings. The molecular formula is C11H22O4S. The van der Waals surface area contributed by atoms with Crippen molar-refractivity contribution >= 4 is 15.8 Å². The lowest BCUT2D eigenvalue weighted by atomic mass is 10.2. The predicted octanol–water partition coefficient (Wildman–Crippen LogP) is 1.79. The van der Waals surface area contributed by atoms with Gasteiger partial charge in [-0.3, -0.25) is 4.79 Å². The molecule has 0 aromatic carbocycles. The van der Waals surface area contributed by atoms with Crippen molar-refractivity contribution in [3.8, 4) is 0 Å². The Morgan fingerprint density at radius 3 is 1.94 bits per heavy atom. The van der Waals surface area contributed by atoms with Gasteiger partial charge in [0.1, 0.15) is 5.60 Å². The number of hydrogen-bond acceptors (Lipinski definition) is 4. The number of esters is 1. The maximum atomic E-state index is 11.8. The summed E-state index contributed by atoms with van der Waals surface area (Å²) >= 11 is 0. The highest BCUT2D eigenvalue weighted by atomic mass is 32.2. The smallest absolute Gasteiger partial charge is 0.324 e. The van der Waals surface area contributed by atoms with Gasteiger partial charge in [-0.05, 0) is 33.6 Å². The summed E-state index contributed by atoms with van der Waals surface area (Å²) in [5.41, 5.74) is -0.654. The Balaban J connectivity index is 4.68. The molecule has 0 bridgehead atoms. The molecule has 1 atom stereocenters. The third kappa shape index (κ3) is 5.49. The lowest BCUT2D eigenvalue weighted by Crippen LogP contribution is -2.36. The Morgan fingerprint density at radius 2 is 1.62 bits per heavy atom. The summed E-state index contributed by atoms with van der Waals surface area (Å²) in [6, 6.07) is 0. The lowest BCUT2D eigenvalue weighted by Gasteiger charge is -2.22. The minimum absolute atomic E-state index is 0.00735. The molecule has 0 N–H and O–H groups in total. The lowest BCUT2D eigenvalue weighted by molar-refractivity contribution is -0.153. The molecule has 0 amide bonds. The van der Waals surface area contributed by atoms with E-state index >= 15 is 0 Å². The van der Waals surface area contributed by atoms with Crippen LogP contribution in [0.5, 0.6) is 0 Å². The molecule has 0 heterocycles. The minimum atomic E-state index is -3.41. The van der Waals surface area contributed by atoms with E-state index in [1.807, 2.05) is 0 Å². The molecule has 0 saturated heterocycles. The zero-order valence-electron chi connectivity index (χ0n) is 10.9. The second kappa shape index (κ2) is 5.17. The van der Waals surface area contributed by atoms with Crippen LogP contribution in [0, 0.1) is 5.92 Å². The Bertz CT molecular complexity index is 335. The van der Waals surface area contributed by atoms with Crippen LogP contribution >= 0.6 is 0 Å². The van der Waals surface area contributed by atoms with Crippen LogP contribution in [0.1, 0.15) is 41.5 Å². The first kappa shape index (κ1) is 15.4. The molecular weight excluding hydrogens is 228 g/mol. The molecule has 1 unspecified atom stereocenters. The molecule has 5 heteroatoms. The number of carbonyl (C=O) groups excluding carboxylic acids is 1. The van der Waals surface area contributed by atoms with Gasteiger partial charge in [-0.25, -0.2) is 8.42 Å². The van der Waals surface area contributed by atoms with Crippen molar-refractivity contribution in [2.24, 2.45) is 5.92 Å². The van der Waals surface area contributed by atoms with Gasteiger partial charge in [0.15, 0.2) is 15.1 Å². The van der Waals surface area contributed by atoms with E-state index in [-0.39, 0.29) is 11.7 Å². The molecule has 0 aliphatic heterocycles. The van der Waals surface area contributed by atoms with Gasteiger partial charge >= 0.3 is 5.97 Å². The fourth-order valence-electron chi connectivity index (χ4n) is 1.14. The molecule has 4 nitrogen and oxygen atoms in total. The number of rotatable bonds is 4. The summed E-state index contributed by atoms with van der Waals surface area (Å²) in [6.07, 6.45) is 0. The maximum absolute atomic E-state index is 11.8. The molecule has 0 rings (SSSR count). The SMILES string of the molecule is CC(C)CS(=O)(=O)C(C)C(=O)OC(C)(C)C. The van der Waals surface area contributed by atoms with E-state index in [0.717, 1.165) is 0 Å². The quantitative estimate of drug-likeness (QED) is 0.714. The summed E-state index contributed by atoms with van der Waals surface area (Å²) in [4.78, 5) is 11.6. The summed E-state index contributed by atoms with van der Waals surface area (Å²) in [5, 5.41) is -1.09. The largest absolute Gasteiger partial charge is 0.459 e. The van der Waals surface area contributed by atoms with Gasteiger partial charge in [-0.1, -0.05) is 13.8 Å². The highest BCUT2D eigenvalue weighted by Crippen LogP contribution is 2.14. The van der Waals surface area contributed by atoms with Crippen LogP contribution in [0.3, 0.4) is 0 Å². The van der Waals surface area contributed by atoms with E-state index in [1.165, 1.54) is 6.92 Å². The summed E-state index contributed by atoms with van der Waals surface area (Å²) in [7, 11) is -3.41. The number of ether oxygens (including phenoxy) is 1.